The molecule has 1 rings (SSSR count). The van der Waals surface area contributed by atoms with Gasteiger partial charge in [-0.25, -0.2) is 0 Å². The van der Waals surface area contributed by atoms with Crippen LogP contribution in [0.4, 0.5) is 0 Å². The fraction of sp³-hybridized carbons (Fsp3) is 0.875. The third-order valence-corrected chi connectivity index (χ3v) is 1.13. The Labute approximate surface area is 84.2 Å². The maximum absolute atomic E-state index is 11.4. The van der Waals surface area contributed by atoms with Crippen molar-refractivity contribution in [1.29, 1.82) is 0 Å². The molecule has 0 saturated carbocycles. The summed E-state index contributed by atoms with van der Waals surface area (Å²) in [5, 5.41) is -0.209. The number of hydrogen-bond acceptors (Lipinski definition) is 4. The maximum atomic E-state index is 11.4. The van der Waals surface area contributed by atoms with Crippen LogP contribution in [-0.4, -0.2) is 50.0 Å². The quantitative estimate of drug-likeness (QED) is 0.592. The van der Waals surface area contributed by atoms with Crippen LogP contribution in [0.1, 0.15) is 16.5 Å². The summed E-state index contributed by atoms with van der Waals surface area (Å²) in [4.78, 5) is 11.9. The molecule has 1 atom stereocenters. The summed E-state index contributed by atoms with van der Waals surface area (Å²) in [6.45, 7) is -9.90. The molecule has 1 fully saturated rings. The summed E-state index contributed by atoms with van der Waals surface area (Å²) >= 11 is 0. The third-order valence-electron chi connectivity index (χ3n) is 1.13. The van der Waals surface area contributed by atoms with E-state index in [0.717, 1.165) is 0 Å². The first-order valence-corrected chi connectivity index (χ1v) is 3.54. The lowest BCUT2D eigenvalue weighted by atomic mass is 10.3. The second-order valence-electron chi connectivity index (χ2n) is 2.03. The normalized spacial score (nSPS) is 49.2. The van der Waals surface area contributed by atoms with E-state index in [1.54, 1.807) is 0 Å². The molecule has 12 heavy (non-hydrogen) atoms. The second kappa shape index (κ2) is 5.11. The Morgan fingerprint density at radius 3 is 3.42 bits per heavy atom. The molecule has 1 saturated heterocycles. The lowest BCUT2D eigenvalue weighted by Crippen LogP contribution is -2.45. The molecule has 1 N–H and O–H groups in total. The van der Waals surface area contributed by atoms with Gasteiger partial charge in [0.25, 0.3) is 0 Å². The Balaban J connectivity index is 3.16. The molecule has 4 heteroatoms. The van der Waals surface area contributed by atoms with Crippen LogP contribution in [0.3, 0.4) is 0 Å². The van der Waals surface area contributed by atoms with Crippen molar-refractivity contribution in [1.82, 2.24) is 10.2 Å². The van der Waals surface area contributed by atoms with Gasteiger partial charge in [0.1, 0.15) is 1.41 Å². The van der Waals surface area contributed by atoms with Crippen LogP contribution in [-0.2, 0) is 9.53 Å². The molecular weight excluding hydrogens is 156 g/mol. The number of rotatable bonds is 3. The van der Waals surface area contributed by atoms with Crippen LogP contribution in [0.25, 0.3) is 0 Å². The Bertz CT molecular complexity index is 391. The lowest BCUT2D eigenvalue weighted by molar-refractivity contribution is -0.144. The van der Waals surface area contributed by atoms with Crippen molar-refractivity contribution in [2.24, 2.45) is 0 Å². The molecule has 1 heterocycles. The van der Waals surface area contributed by atoms with E-state index in [4.69, 9.17) is 11.0 Å². The van der Waals surface area contributed by atoms with Crippen LogP contribution in [0.5, 0.6) is 0 Å². The van der Waals surface area contributed by atoms with Gasteiger partial charge in [-0.3, -0.25) is 9.69 Å². The van der Waals surface area contributed by atoms with E-state index in [1.807, 2.05) is 0 Å². The molecule has 0 spiro atoms. The molecule has 4 nitrogen and oxygen atoms in total. The summed E-state index contributed by atoms with van der Waals surface area (Å²) < 4.78 is 65.4. The molecule has 0 aromatic carbocycles. The van der Waals surface area contributed by atoms with Gasteiger partial charge in [-0.2, -0.15) is 0 Å². The van der Waals surface area contributed by atoms with Gasteiger partial charge in [-0.15, -0.1) is 0 Å². The summed E-state index contributed by atoms with van der Waals surface area (Å²) in [5.74, 6) is -0.890. The van der Waals surface area contributed by atoms with E-state index < -0.39 is 38.5 Å². The van der Waals surface area contributed by atoms with Crippen molar-refractivity contribution in [3.63, 3.8) is 0 Å². The van der Waals surface area contributed by atoms with Crippen molar-refractivity contribution < 1.29 is 20.5 Å². The zero-order chi connectivity index (χ0) is 15.9. The highest BCUT2D eigenvalue weighted by molar-refractivity contribution is 5.71. The number of ether oxygens (including phenoxy) is 1. The van der Waals surface area contributed by atoms with Gasteiger partial charge in [-0.05, 0) is 6.92 Å². The van der Waals surface area contributed by atoms with Gasteiger partial charge < -0.3 is 10.0 Å². The van der Waals surface area contributed by atoms with Gasteiger partial charge in [0.05, 0.1) is 13.2 Å². The minimum Gasteiger partial charge on any atom is -0.465 e. The number of carbonyl (C=O) groups excluding carboxylic acids is 1. The molecule has 1 aliphatic rings. The predicted molar refractivity (Wildman–Crippen MR) is 45.9 cm³/mol. The van der Waals surface area contributed by atoms with Crippen molar-refractivity contribution in [2.45, 2.75) is 6.92 Å². The minimum absolute atomic E-state index is 0.0305. The standard InChI is InChI=1S/C8H16N2O2/c1-2-12-8(11)7-10-5-3-9-4-6-10/h9H,2-7H2,1H3/i3D2,4D2,5D,6D2/hD. The van der Waals surface area contributed by atoms with E-state index >= 15 is 0 Å². The second-order valence-corrected chi connectivity index (χ2v) is 2.03. The van der Waals surface area contributed by atoms with E-state index in [1.165, 1.54) is 6.92 Å². The van der Waals surface area contributed by atoms with Gasteiger partial charge >= 0.3 is 5.97 Å². The number of carbonyl (C=O) groups is 1. The van der Waals surface area contributed by atoms with Crippen LogP contribution in [0.2, 0.25) is 1.41 Å². The van der Waals surface area contributed by atoms with Crippen LogP contribution in [0.15, 0.2) is 0 Å². The van der Waals surface area contributed by atoms with Crippen molar-refractivity contribution in [3.05, 3.63) is 0 Å². The molecule has 70 valence electrons. The summed E-state index contributed by atoms with van der Waals surface area (Å²) in [6, 6.07) is 0. The Kier molecular flexibility index (Phi) is 1.39. The average molecular weight is 180 g/mol. The number of piperazine rings is 1. The smallest absolute Gasteiger partial charge is 0.320 e. The molecule has 1 unspecified atom stereocenters. The van der Waals surface area contributed by atoms with Gasteiger partial charge in [-0.1, -0.05) is 0 Å². The monoisotopic (exact) mass is 180 g/mol. The lowest BCUT2D eigenvalue weighted by Gasteiger charge is -2.25. The molecule has 0 bridgehead atoms. The van der Waals surface area contributed by atoms with E-state index in [9.17, 15) is 4.79 Å². The highest BCUT2D eigenvalue weighted by Gasteiger charge is 2.13. The van der Waals surface area contributed by atoms with Gasteiger partial charge in [0, 0.05) is 35.6 Å². The largest absolute Gasteiger partial charge is 0.465 e. The molecule has 0 radical (unpaired) electrons. The summed E-state index contributed by atoms with van der Waals surface area (Å²) in [6.07, 6.45) is 0. The van der Waals surface area contributed by atoms with Gasteiger partial charge in [0.2, 0.25) is 0 Å². The molecular formula is C8H16N2O2. The SMILES string of the molecule is [2H]C1N(CC(=O)OCC)C([2H])([2H])C([2H])([2H])N([2H])C1([2H])[2H]. The molecule has 0 aromatic heterocycles. The molecule has 0 amide bonds. The van der Waals surface area contributed by atoms with Crippen molar-refractivity contribution >= 4 is 5.97 Å². The Hall–Kier alpha value is -0.610. The molecule has 0 aromatic rings. The molecule has 1 aliphatic heterocycles. The van der Waals surface area contributed by atoms with Crippen LogP contribution < -0.4 is 5.31 Å². The number of hydrogen-bond donors (Lipinski definition) is 1. The first-order valence-electron chi connectivity index (χ1n) is 7.57. The van der Waals surface area contributed by atoms with E-state index in [0.29, 0.717) is 4.90 Å². The Morgan fingerprint density at radius 1 is 1.83 bits per heavy atom. The Morgan fingerprint density at radius 2 is 2.67 bits per heavy atom. The summed E-state index contributed by atoms with van der Waals surface area (Å²) in [7, 11) is 0. The third kappa shape index (κ3) is 3.19. The van der Waals surface area contributed by atoms with Crippen LogP contribution >= 0.6 is 0 Å². The van der Waals surface area contributed by atoms with Crippen molar-refractivity contribution in [3.8, 4) is 0 Å². The highest BCUT2D eigenvalue weighted by Crippen LogP contribution is 1.92. The zero-order valence-electron chi connectivity index (χ0n) is 14.7. The van der Waals surface area contributed by atoms with E-state index in [2.05, 4.69) is 4.74 Å². The molecule has 0 aliphatic carbocycles. The number of nitrogens with zero attached hydrogens (tertiary/aromatic N) is 1. The minimum atomic E-state index is -3.04. The van der Waals surface area contributed by atoms with Gasteiger partial charge in [0.15, 0.2) is 0 Å². The van der Waals surface area contributed by atoms with Crippen LogP contribution in [0, 0.1) is 0 Å². The van der Waals surface area contributed by atoms with Crippen molar-refractivity contribution in [2.75, 3.05) is 39.2 Å². The maximum Gasteiger partial charge on any atom is 0.320 e. The van der Waals surface area contributed by atoms with E-state index in [-0.39, 0.29) is 11.9 Å². The summed E-state index contributed by atoms with van der Waals surface area (Å²) in [5.41, 5.74) is 0. The first kappa shape index (κ1) is 3.27. The topological polar surface area (TPSA) is 41.6 Å². The predicted octanol–water partition coefficient (Wildman–Crippen LogP) is -0.545. The zero-order valence-corrected chi connectivity index (χ0v) is 6.70. The fourth-order valence-electron chi connectivity index (χ4n) is 0.683. The number of esters is 1. The highest BCUT2D eigenvalue weighted by atomic mass is 16.5. The first-order chi connectivity index (χ1) is 8.90. The number of nitrogens with one attached hydrogen (secondary N) is 1. The average Bonchev–Trinajstić information content (AvgIpc) is 2.32. The fourth-order valence-corrected chi connectivity index (χ4v) is 0.683.